The molecule has 42 heavy (non-hydrogen) atoms. The van der Waals surface area contributed by atoms with E-state index < -0.39 is 11.4 Å². The van der Waals surface area contributed by atoms with E-state index in [-0.39, 0.29) is 17.3 Å². The minimum atomic E-state index is -0.482. The number of nitrogens with one attached hydrogen (secondary N) is 2. The van der Waals surface area contributed by atoms with Gasteiger partial charge in [0.15, 0.2) is 11.4 Å². The van der Waals surface area contributed by atoms with Crippen LogP contribution >= 0.6 is 0 Å². The molecule has 0 radical (unpaired) electrons. The highest BCUT2D eigenvalue weighted by Gasteiger charge is 2.17. The SMILES string of the molecule is CC(C)c1cccc(Oc2cnn(-c3ccc(F)cc3)c(=O)c2Nc2ccc(C(=O)NCCN3CCOCC3)cc2)c1. The highest BCUT2D eigenvalue weighted by molar-refractivity contribution is 5.94. The lowest BCUT2D eigenvalue weighted by Gasteiger charge is -2.26. The van der Waals surface area contributed by atoms with Crippen LogP contribution in [0.4, 0.5) is 15.8 Å². The summed E-state index contributed by atoms with van der Waals surface area (Å²) in [5, 5.41) is 10.4. The maximum Gasteiger partial charge on any atom is 0.299 e. The summed E-state index contributed by atoms with van der Waals surface area (Å²) in [6.07, 6.45) is 1.45. The van der Waals surface area contributed by atoms with Gasteiger partial charge < -0.3 is 20.1 Å². The van der Waals surface area contributed by atoms with Crippen molar-refractivity contribution < 1.29 is 18.7 Å². The molecule has 1 fully saturated rings. The Morgan fingerprint density at radius 1 is 1.05 bits per heavy atom. The Morgan fingerprint density at radius 2 is 1.79 bits per heavy atom. The van der Waals surface area contributed by atoms with Crippen LogP contribution < -0.4 is 20.9 Å². The number of rotatable bonds is 10. The summed E-state index contributed by atoms with van der Waals surface area (Å²) < 4.78 is 26.2. The first-order chi connectivity index (χ1) is 20.4. The largest absolute Gasteiger partial charge is 0.453 e. The van der Waals surface area contributed by atoms with E-state index >= 15 is 0 Å². The zero-order valence-electron chi connectivity index (χ0n) is 23.7. The second-order valence-corrected chi connectivity index (χ2v) is 10.3. The normalized spacial score (nSPS) is 13.6. The topological polar surface area (TPSA) is 97.7 Å². The van der Waals surface area contributed by atoms with E-state index in [1.165, 1.54) is 35.1 Å². The fourth-order valence-corrected chi connectivity index (χ4v) is 4.56. The summed E-state index contributed by atoms with van der Waals surface area (Å²) in [5.74, 6) is 0.496. The molecule has 9 nitrogen and oxygen atoms in total. The number of hydrogen-bond acceptors (Lipinski definition) is 7. The Bertz CT molecular complexity index is 1570. The molecule has 1 aliphatic heterocycles. The fraction of sp³-hybridized carbons (Fsp3) is 0.281. The molecule has 1 saturated heterocycles. The van der Waals surface area contributed by atoms with Gasteiger partial charge in [-0.15, -0.1) is 0 Å². The summed E-state index contributed by atoms with van der Waals surface area (Å²) in [6.45, 7) is 8.64. The third-order valence-corrected chi connectivity index (χ3v) is 7.00. The Hall–Kier alpha value is -4.54. The average molecular weight is 572 g/mol. The average Bonchev–Trinajstić information content (AvgIpc) is 3.00. The van der Waals surface area contributed by atoms with Crippen LogP contribution in [-0.4, -0.2) is 60.0 Å². The van der Waals surface area contributed by atoms with Crippen LogP contribution in [0, 0.1) is 5.82 Å². The molecule has 0 atom stereocenters. The molecule has 0 bridgehead atoms. The predicted molar refractivity (Wildman–Crippen MR) is 160 cm³/mol. The molecule has 5 rings (SSSR count). The van der Waals surface area contributed by atoms with Crippen LogP contribution in [-0.2, 0) is 4.74 Å². The second kappa shape index (κ2) is 13.4. The number of ether oxygens (including phenoxy) is 2. The van der Waals surface area contributed by atoms with Crippen molar-refractivity contribution in [3.8, 4) is 17.2 Å². The third-order valence-electron chi connectivity index (χ3n) is 7.00. The highest BCUT2D eigenvalue weighted by atomic mass is 19.1. The van der Waals surface area contributed by atoms with Crippen molar-refractivity contribution in [2.75, 3.05) is 44.7 Å². The Morgan fingerprint density at radius 3 is 2.50 bits per heavy atom. The maximum atomic E-state index is 13.7. The molecule has 1 amide bonds. The molecule has 2 heterocycles. The molecular formula is C32H34FN5O4. The summed E-state index contributed by atoms with van der Waals surface area (Å²) in [6, 6.07) is 20.0. The van der Waals surface area contributed by atoms with Crippen molar-refractivity contribution in [3.05, 3.63) is 106 Å². The fourth-order valence-electron chi connectivity index (χ4n) is 4.56. The molecule has 0 spiro atoms. The third kappa shape index (κ3) is 7.20. The van der Waals surface area contributed by atoms with Gasteiger partial charge in [-0.2, -0.15) is 9.78 Å². The molecule has 0 saturated carbocycles. The number of hydrogen-bond donors (Lipinski definition) is 2. The lowest BCUT2D eigenvalue weighted by molar-refractivity contribution is 0.0383. The lowest BCUT2D eigenvalue weighted by atomic mass is 10.0. The number of nitrogens with zero attached hydrogens (tertiary/aromatic N) is 3. The molecular weight excluding hydrogens is 537 g/mol. The molecule has 0 aliphatic carbocycles. The van der Waals surface area contributed by atoms with Crippen LogP contribution in [0.2, 0.25) is 0 Å². The van der Waals surface area contributed by atoms with Crippen LogP contribution in [0.1, 0.15) is 35.7 Å². The molecule has 1 aromatic heterocycles. The van der Waals surface area contributed by atoms with Gasteiger partial charge in [0.2, 0.25) is 0 Å². The van der Waals surface area contributed by atoms with E-state index in [2.05, 4.69) is 34.5 Å². The maximum absolute atomic E-state index is 13.7. The summed E-state index contributed by atoms with van der Waals surface area (Å²) >= 11 is 0. The summed E-state index contributed by atoms with van der Waals surface area (Å²) in [5.41, 5.74) is 2.24. The van der Waals surface area contributed by atoms with Gasteiger partial charge in [-0.1, -0.05) is 26.0 Å². The molecule has 10 heteroatoms. The van der Waals surface area contributed by atoms with E-state index in [0.29, 0.717) is 48.4 Å². The molecule has 0 unspecified atom stereocenters. The summed E-state index contributed by atoms with van der Waals surface area (Å²) in [7, 11) is 0. The van der Waals surface area contributed by atoms with Crippen molar-refractivity contribution in [2.24, 2.45) is 0 Å². The van der Waals surface area contributed by atoms with Gasteiger partial charge in [0.1, 0.15) is 11.6 Å². The Balaban J connectivity index is 1.37. The van der Waals surface area contributed by atoms with Crippen molar-refractivity contribution >= 4 is 17.3 Å². The molecule has 218 valence electrons. The Kier molecular flexibility index (Phi) is 9.25. The van der Waals surface area contributed by atoms with Crippen molar-refractivity contribution in [1.29, 1.82) is 0 Å². The predicted octanol–water partition coefficient (Wildman–Crippen LogP) is 5.09. The van der Waals surface area contributed by atoms with Gasteiger partial charge in [-0.05, 0) is 72.1 Å². The number of halogens is 1. The number of carbonyl (C=O) groups excluding carboxylic acids is 1. The first-order valence-corrected chi connectivity index (χ1v) is 14.0. The summed E-state index contributed by atoms with van der Waals surface area (Å²) in [4.78, 5) is 28.6. The van der Waals surface area contributed by atoms with Gasteiger partial charge in [0.25, 0.3) is 11.5 Å². The van der Waals surface area contributed by atoms with E-state index in [0.717, 1.165) is 25.2 Å². The van der Waals surface area contributed by atoms with Crippen LogP contribution in [0.5, 0.6) is 11.5 Å². The van der Waals surface area contributed by atoms with E-state index in [9.17, 15) is 14.0 Å². The van der Waals surface area contributed by atoms with Gasteiger partial charge >= 0.3 is 0 Å². The first-order valence-electron chi connectivity index (χ1n) is 14.0. The quantitative estimate of drug-likeness (QED) is 0.274. The van der Waals surface area contributed by atoms with Gasteiger partial charge in [0.05, 0.1) is 25.1 Å². The van der Waals surface area contributed by atoms with E-state index in [1.54, 1.807) is 24.3 Å². The number of carbonyl (C=O) groups is 1. The minimum Gasteiger partial charge on any atom is -0.453 e. The number of benzene rings is 3. The Labute approximate surface area is 243 Å². The zero-order valence-corrected chi connectivity index (χ0v) is 23.7. The van der Waals surface area contributed by atoms with Gasteiger partial charge in [-0.3, -0.25) is 14.5 Å². The van der Waals surface area contributed by atoms with Gasteiger partial charge in [0, 0.05) is 37.4 Å². The monoisotopic (exact) mass is 571 g/mol. The molecule has 3 aromatic carbocycles. The van der Waals surface area contributed by atoms with Gasteiger partial charge in [-0.25, -0.2) is 4.39 Å². The molecule has 4 aromatic rings. The highest BCUT2D eigenvalue weighted by Crippen LogP contribution is 2.30. The number of anilines is 2. The van der Waals surface area contributed by atoms with E-state index in [4.69, 9.17) is 9.47 Å². The smallest absolute Gasteiger partial charge is 0.299 e. The minimum absolute atomic E-state index is 0.145. The lowest BCUT2D eigenvalue weighted by Crippen LogP contribution is -2.41. The van der Waals surface area contributed by atoms with Crippen LogP contribution in [0.25, 0.3) is 5.69 Å². The zero-order chi connectivity index (χ0) is 29.5. The second-order valence-electron chi connectivity index (χ2n) is 10.3. The molecule has 1 aliphatic rings. The molecule has 2 N–H and O–H groups in total. The van der Waals surface area contributed by atoms with E-state index in [1.807, 2.05) is 24.3 Å². The van der Waals surface area contributed by atoms with Crippen molar-refractivity contribution in [1.82, 2.24) is 20.0 Å². The van der Waals surface area contributed by atoms with Crippen LogP contribution in [0.15, 0.2) is 83.8 Å². The standard InChI is InChI=1S/C32H34FN5O4/c1-22(2)24-4-3-5-28(20-24)42-29-21-35-38(27-12-8-25(33)9-13-27)32(40)30(29)36-26-10-6-23(7-11-26)31(39)34-14-15-37-16-18-41-19-17-37/h3-13,20-22,36H,14-19H2,1-2H3,(H,34,39). The first kappa shape index (κ1) is 29.0. The van der Waals surface area contributed by atoms with Crippen molar-refractivity contribution in [2.45, 2.75) is 19.8 Å². The van der Waals surface area contributed by atoms with Crippen molar-refractivity contribution in [3.63, 3.8) is 0 Å². The number of amides is 1. The van der Waals surface area contributed by atoms with Crippen LogP contribution in [0.3, 0.4) is 0 Å². The number of aromatic nitrogens is 2. The number of morpholine rings is 1.